The lowest BCUT2D eigenvalue weighted by molar-refractivity contribution is -0.384. The zero-order valence-corrected chi connectivity index (χ0v) is 11.7. The standard InChI is InChI=1S/C14H21N3O3/c1-14(18)5-2-7-16(8-6-14)10-11-9-12(17(19)20)3-4-13(11)15/h3-4,9,18H,2,5-8,10,15H2,1H3. The highest BCUT2D eigenvalue weighted by atomic mass is 16.6. The minimum atomic E-state index is -0.608. The van der Waals surface area contributed by atoms with E-state index in [-0.39, 0.29) is 5.69 Å². The fraction of sp³-hybridized carbons (Fsp3) is 0.571. The van der Waals surface area contributed by atoms with Crippen molar-refractivity contribution in [1.29, 1.82) is 0 Å². The fourth-order valence-electron chi connectivity index (χ4n) is 2.56. The molecule has 1 fully saturated rings. The molecule has 1 heterocycles. The SMILES string of the molecule is CC1(O)CCCN(Cc2cc([N+](=O)[O-])ccc2N)CC1. The molecule has 1 unspecified atom stereocenters. The van der Waals surface area contributed by atoms with Crippen molar-refractivity contribution in [2.24, 2.45) is 0 Å². The molecule has 0 spiro atoms. The Labute approximate surface area is 118 Å². The van der Waals surface area contributed by atoms with Crippen LogP contribution in [-0.2, 0) is 6.54 Å². The maximum absolute atomic E-state index is 10.8. The monoisotopic (exact) mass is 279 g/mol. The maximum Gasteiger partial charge on any atom is 0.269 e. The predicted octanol–water partition coefficient (Wildman–Crippen LogP) is 1.91. The molecule has 6 heteroatoms. The van der Waals surface area contributed by atoms with Crippen molar-refractivity contribution in [3.8, 4) is 0 Å². The van der Waals surface area contributed by atoms with Crippen molar-refractivity contribution in [3.05, 3.63) is 33.9 Å². The normalized spacial score (nSPS) is 24.3. The number of non-ortho nitro benzene ring substituents is 1. The van der Waals surface area contributed by atoms with Gasteiger partial charge >= 0.3 is 0 Å². The Morgan fingerprint density at radius 3 is 2.90 bits per heavy atom. The first-order chi connectivity index (χ1) is 9.37. The molecule has 1 saturated heterocycles. The molecule has 110 valence electrons. The summed E-state index contributed by atoms with van der Waals surface area (Å²) < 4.78 is 0. The number of anilines is 1. The van der Waals surface area contributed by atoms with Crippen LogP contribution in [0.2, 0.25) is 0 Å². The summed E-state index contributed by atoms with van der Waals surface area (Å²) in [5.41, 5.74) is 6.71. The van der Waals surface area contributed by atoms with Gasteiger partial charge in [0, 0.05) is 30.9 Å². The van der Waals surface area contributed by atoms with Gasteiger partial charge in [-0.25, -0.2) is 0 Å². The Kier molecular flexibility index (Phi) is 4.25. The summed E-state index contributed by atoms with van der Waals surface area (Å²) in [6, 6.07) is 4.55. The first-order valence-electron chi connectivity index (χ1n) is 6.85. The number of hydrogen-bond donors (Lipinski definition) is 2. The third-order valence-electron chi connectivity index (χ3n) is 3.89. The second-order valence-corrected chi connectivity index (χ2v) is 5.77. The van der Waals surface area contributed by atoms with Gasteiger partial charge in [-0.15, -0.1) is 0 Å². The number of hydrogen-bond acceptors (Lipinski definition) is 5. The van der Waals surface area contributed by atoms with Crippen LogP contribution in [0.4, 0.5) is 11.4 Å². The largest absolute Gasteiger partial charge is 0.398 e. The van der Waals surface area contributed by atoms with Gasteiger partial charge in [0.1, 0.15) is 0 Å². The molecule has 0 aliphatic carbocycles. The quantitative estimate of drug-likeness (QED) is 0.501. The zero-order chi connectivity index (χ0) is 14.8. The highest BCUT2D eigenvalue weighted by Crippen LogP contribution is 2.25. The van der Waals surface area contributed by atoms with E-state index in [2.05, 4.69) is 4.90 Å². The van der Waals surface area contributed by atoms with Crippen molar-refractivity contribution >= 4 is 11.4 Å². The molecule has 1 aliphatic rings. The van der Waals surface area contributed by atoms with Gasteiger partial charge in [0.25, 0.3) is 5.69 Å². The van der Waals surface area contributed by atoms with Gasteiger partial charge in [-0.2, -0.15) is 0 Å². The molecule has 0 saturated carbocycles. The van der Waals surface area contributed by atoms with Crippen molar-refractivity contribution in [1.82, 2.24) is 4.90 Å². The lowest BCUT2D eigenvalue weighted by atomic mass is 9.98. The molecule has 1 aromatic rings. The lowest BCUT2D eigenvalue weighted by Crippen LogP contribution is -2.28. The van der Waals surface area contributed by atoms with Gasteiger partial charge in [0.05, 0.1) is 10.5 Å². The van der Waals surface area contributed by atoms with Gasteiger partial charge in [-0.3, -0.25) is 15.0 Å². The molecule has 0 radical (unpaired) electrons. The van der Waals surface area contributed by atoms with Crippen LogP contribution in [0.25, 0.3) is 0 Å². The number of nitrogen functional groups attached to an aromatic ring is 1. The third kappa shape index (κ3) is 3.68. The zero-order valence-electron chi connectivity index (χ0n) is 11.7. The van der Waals surface area contributed by atoms with Crippen LogP contribution in [-0.4, -0.2) is 33.6 Å². The number of benzene rings is 1. The molecular weight excluding hydrogens is 258 g/mol. The second-order valence-electron chi connectivity index (χ2n) is 5.77. The minimum absolute atomic E-state index is 0.0658. The van der Waals surface area contributed by atoms with E-state index in [0.717, 1.165) is 31.5 Å². The van der Waals surface area contributed by atoms with Crippen molar-refractivity contribution in [2.75, 3.05) is 18.8 Å². The van der Waals surface area contributed by atoms with E-state index in [1.165, 1.54) is 6.07 Å². The van der Waals surface area contributed by atoms with E-state index in [4.69, 9.17) is 5.73 Å². The second kappa shape index (κ2) is 5.76. The summed E-state index contributed by atoms with van der Waals surface area (Å²) >= 11 is 0. The Bertz CT molecular complexity index is 502. The first kappa shape index (κ1) is 14.7. The minimum Gasteiger partial charge on any atom is -0.398 e. The molecule has 0 bridgehead atoms. The number of nitro groups is 1. The number of nitro benzene ring substituents is 1. The summed E-state index contributed by atoms with van der Waals surface area (Å²) in [6.07, 6.45) is 2.41. The number of rotatable bonds is 3. The van der Waals surface area contributed by atoms with Crippen LogP contribution >= 0.6 is 0 Å². The third-order valence-corrected chi connectivity index (χ3v) is 3.89. The fourth-order valence-corrected chi connectivity index (χ4v) is 2.56. The van der Waals surface area contributed by atoms with Crippen molar-refractivity contribution in [2.45, 2.75) is 38.3 Å². The molecule has 1 aliphatic heterocycles. The van der Waals surface area contributed by atoms with E-state index < -0.39 is 10.5 Å². The molecule has 1 aromatic carbocycles. The van der Waals surface area contributed by atoms with Crippen LogP contribution in [0.1, 0.15) is 31.7 Å². The number of likely N-dealkylation sites (tertiary alicyclic amines) is 1. The summed E-state index contributed by atoms with van der Waals surface area (Å²) in [7, 11) is 0. The molecule has 3 N–H and O–H groups in total. The highest BCUT2D eigenvalue weighted by Gasteiger charge is 2.25. The van der Waals surface area contributed by atoms with E-state index >= 15 is 0 Å². The van der Waals surface area contributed by atoms with Crippen LogP contribution in [0.3, 0.4) is 0 Å². The van der Waals surface area contributed by atoms with Gasteiger partial charge in [-0.05, 0) is 44.4 Å². The molecule has 0 aromatic heterocycles. The van der Waals surface area contributed by atoms with Crippen molar-refractivity contribution < 1.29 is 10.0 Å². The van der Waals surface area contributed by atoms with Crippen LogP contribution in [0, 0.1) is 10.1 Å². The summed E-state index contributed by atoms with van der Waals surface area (Å²) in [4.78, 5) is 12.6. The van der Waals surface area contributed by atoms with Gasteiger partial charge in [0.2, 0.25) is 0 Å². The number of nitrogens with zero attached hydrogens (tertiary/aromatic N) is 2. The summed E-state index contributed by atoms with van der Waals surface area (Å²) in [5, 5.41) is 20.9. The Morgan fingerprint density at radius 2 is 2.20 bits per heavy atom. The predicted molar refractivity (Wildman–Crippen MR) is 77.3 cm³/mol. The molecule has 0 amide bonds. The summed E-state index contributed by atoms with van der Waals surface area (Å²) in [6.45, 7) is 4.09. The Balaban J connectivity index is 2.09. The van der Waals surface area contributed by atoms with Crippen LogP contribution < -0.4 is 5.73 Å². The van der Waals surface area contributed by atoms with E-state index in [1.54, 1.807) is 12.1 Å². The molecule has 20 heavy (non-hydrogen) atoms. The van der Waals surface area contributed by atoms with E-state index in [1.807, 2.05) is 6.92 Å². The van der Waals surface area contributed by atoms with Gasteiger partial charge < -0.3 is 10.8 Å². The van der Waals surface area contributed by atoms with Crippen LogP contribution in [0.15, 0.2) is 18.2 Å². The van der Waals surface area contributed by atoms with E-state index in [9.17, 15) is 15.2 Å². The Hall–Kier alpha value is -1.66. The van der Waals surface area contributed by atoms with Crippen molar-refractivity contribution in [3.63, 3.8) is 0 Å². The number of nitrogens with two attached hydrogens (primary N) is 1. The molecule has 2 rings (SSSR count). The van der Waals surface area contributed by atoms with Gasteiger partial charge in [0.15, 0.2) is 0 Å². The smallest absolute Gasteiger partial charge is 0.269 e. The lowest BCUT2D eigenvalue weighted by Gasteiger charge is -2.22. The first-order valence-corrected chi connectivity index (χ1v) is 6.85. The topological polar surface area (TPSA) is 92.6 Å². The van der Waals surface area contributed by atoms with Crippen LogP contribution in [0.5, 0.6) is 0 Å². The summed E-state index contributed by atoms with van der Waals surface area (Å²) in [5.74, 6) is 0. The highest BCUT2D eigenvalue weighted by molar-refractivity contribution is 5.52. The molecular formula is C14H21N3O3. The molecule has 1 atom stereocenters. The average Bonchev–Trinajstić information content (AvgIpc) is 2.53. The van der Waals surface area contributed by atoms with Gasteiger partial charge in [-0.1, -0.05) is 0 Å². The molecule has 6 nitrogen and oxygen atoms in total. The van der Waals surface area contributed by atoms with E-state index in [0.29, 0.717) is 18.7 Å². The maximum atomic E-state index is 10.8. The number of aliphatic hydroxyl groups is 1. The Morgan fingerprint density at radius 1 is 1.45 bits per heavy atom. The average molecular weight is 279 g/mol.